The van der Waals surface area contributed by atoms with E-state index in [2.05, 4.69) is 0 Å². The van der Waals surface area contributed by atoms with Crippen molar-refractivity contribution >= 4 is 22.8 Å². The fourth-order valence-electron chi connectivity index (χ4n) is 3.67. The Morgan fingerprint density at radius 2 is 1.78 bits per heavy atom. The zero-order chi connectivity index (χ0) is 24.0. The highest BCUT2D eigenvalue weighted by atomic mass is 19.4. The lowest BCUT2D eigenvalue weighted by Crippen LogP contribution is -2.15. The molecule has 0 saturated heterocycles. The lowest BCUT2D eigenvalue weighted by atomic mass is 9.93. The molecule has 0 radical (unpaired) electrons. The van der Waals surface area contributed by atoms with Crippen LogP contribution in [0.3, 0.4) is 0 Å². The van der Waals surface area contributed by atoms with Crippen molar-refractivity contribution in [1.82, 2.24) is 4.57 Å². The van der Waals surface area contributed by atoms with Crippen molar-refractivity contribution in [2.45, 2.75) is 46.2 Å². The zero-order valence-electron chi connectivity index (χ0n) is 17.8. The van der Waals surface area contributed by atoms with E-state index in [9.17, 15) is 32.3 Å². The fraction of sp³-hybridized carbons (Fsp3) is 0.304. The van der Waals surface area contributed by atoms with Crippen LogP contribution in [0.5, 0.6) is 11.5 Å². The van der Waals surface area contributed by atoms with E-state index < -0.39 is 35.2 Å². The highest BCUT2D eigenvalue weighted by Crippen LogP contribution is 2.44. The molecular formula is C23H21F4NO4. The summed E-state index contributed by atoms with van der Waals surface area (Å²) in [6.07, 6.45) is -4.05. The number of nitrogens with zero attached hydrogens (tertiary/aromatic N) is 1. The lowest BCUT2D eigenvalue weighted by Gasteiger charge is -2.15. The number of carbonyl (C=O) groups excluding carboxylic acids is 2. The average molecular weight is 451 g/mol. The summed E-state index contributed by atoms with van der Waals surface area (Å²) in [5.41, 5.74) is -0.630. The van der Waals surface area contributed by atoms with Gasteiger partial charge in [-0.25, -0.2) is 4.39 Å². The van der Waals surface area contributed by atoms with Crippen molar-refractivity contribution in [3.05, 3.63) is 58.5 Å². The molecule has 2 aromatic carbocycles. The number of alkyl halides is 3. The van der Waals surface area contributed by atoms with Gasteiger partial charge in [-0.15, -0.1) is 0 Å². The van der Waals surface area contributed by atoms with Gasteiger partial charge in [0.15, 0.2) is 17.3 Å². The third-order valence-corrected chi connectivity index (χ3v) is 5.42. The van der Waals surface area contributed by atoms with E-state index in [1.165, 1.54) is 6.92 Å². The van der Waals surface area contributed by atoms with E-state index in [4.69, 9.17) is 4.74 Å². The minimum atomic E-state index is -4.56. The van der Waals surface area contributed by atoms with E-state index in [0.717, 1.165) is 41.8 Å². The predicted molar refractivity (Wildman–Crippen MR) is 109 cm³/mol. The van der Waals surface area contributed by atoms with Gasteiger partial charge in [-0.1, -0.05) is 13.8 Å². The average Bonchev–Trinajstić information content (AvgIpc) is 2.98. The van der Waals surface area contributed by atoms with Crippen LogP contribution in [-0.2, 0) is 11.0 Å². The van der Waals surface area contributed by atoms with Crippen molar-refractivity contribution in [2.75, 3.05) is 0 Å². The molecule has 3 aromatic rings. The Morgan fingerprint density at radius 3 is 2.28 bits per heavy atom. The Hall–Kier alpha value is -3.36. The van der Waals surface area contributed by atoms with E-state index in [1.807, 2.05) is 6.92 Å². The number of esters is 1. The highest BCUT2D eigenvalue weighted by Gasteiger charge is 2.32. The molecule has 0 spiro atoms. The van der Waals surface area contributed by atoms with Gasteiger partial charge < -0.3 is 9.84 Å². The molecule has 0 aliphatic heterocycles. The maximum absolute atomic E-state index is 14.6. The summed E-state index contributed by atoms with van der Waals surface area (Å²) in [6, 6.07) is 4.54. The molecule has 0 aliphatic rings. The number of fused-ring (bicyclic) bond motifs is 1. The number of ether oxygens (including phenoxy) is 1. The van der Waals surface area contributed by atoms with E-state index in [-0.39, 0.29) is 39.4 Å². The number of aromatic nitrogens is 1. The third-order valence-electron chi connectivity index (χ3n) is 5.42. The van der Waals surface area contributed by atoms with Gasteiger partial charge in [0, 0.05) is 24.1 Å². The molecule has 3 rings (SSSR count). The van der Waals surface area contributed by atoms with Crippen LogP contribution >= 0.6 is 0 Å². The number of halogens is 4. The summed E-state index contributed by atoms with van der Waals surface area (Å²) in [5.74, 6) is -3.37. The smallest absolute Gasteiger partial charge is 0.416 e. The molecule has 1 N–H and O–H groups in total. The zero-order valence-corrected chi connectivity index (χ0v) is 17.8. The molecule has 9 heteroatoms. The molecule has 0 aliphatic carbocycles. The minimum absolute atomic E-state index is 0.0154. The normalized spacial score (nSPS) is 12.8. The Bertz CT molecular complexity index is 1210. The minimum Gasteiger partial charge on any atom is -0.505 e. The van der Waals surface area contributed by atoms with Gasteiger partial charge in [-0.2, -0.15) is 13.2 Å². The predicted octanol–water partition coefficient (Wildman–Crippen LogP) is 5.94. The van der Waals surface area contributed by atoms with Gasteiger partial charge in [-0.3, -0.25) is 14.2 Å². The van der Waals surface area contributed by atoms with Crippen LogP contribution < -0.4 is 4.74 Å². The first-order valence-electron chi connectivity index (χ1n) is 9.85. The number of hydrogen-bond acceptors (Lipinski definition) is 4. The summed E-state index contributed by atoms with van der Waals surface area (Å²) in [6.45, 7) is 6.20. The molecule has 170 valence electrons. The summed E-state index contributed by atoms with van der Waals surface area (Å²) in [5, 5.41) is 10.6. The largest absolute Gasteiger partial charge is 0.505 e. The van der Waals surface area contributed by atoms with Gasteiger partial charge >= 0.3 is 12.1 Å². The fourth-order valence-corrected chi connectivity index (χ4v) is 3.67. The van der Waals surface area contributed by atoms with Crippen molar-refractivity contribution in [1.29, 1.82) is 0 Å². The Labute approximate surface area is 181 Å². The molecule has 5 nitrogen and oxygen atoms in total. The molecule has 0 bridgehead atoms. The number of aromatic hydroxyl groups is 1. The summed E-state index contributed by atoms with van der Waals surface area (Å²) in [4.78, 5) is 25.0. The van der Waals surface area contributed by atoms with Crippen LogP contribution in [0.2, 0.25) is 0 Å². The van der Waals surface area contributed by atoms with Crippen molar-refractivity contribution in [3.63, 3.8) is 0 Å². The second-order valence-electron chi connectivity index (χ2n) is 7.55. The maximum atomic E-state index is 14.6. The number of carbonyl (C=O) groups is 2. The monoisotopic (exact) mass is 451 g/mol. The molecule has 1 heterocycles. The van der Waals surface area contributed by atoms with Crippen molar-refractivity contribution in [2.24, 2.45) is 0 Å². The van der Waals surface area contributed by atoms with Gasteiger partial charge in [0.25, 0.3) is 5.91 Å². The SMILES string of the molecule is CC[C@@H](C)c1c(O)c(F)cc2c1c(OC(C)=O)c(C)n2C(=O)c1ccc(C(F)(F)F)cc1. The molecule has 0 amide bonds. The summed E-state index contributed by atoms with van der Waals surface area (Å²) >= 11 is 0. The molecular weight excluding hydrogens is 430 g/mol. The molecule has 0 fully saturated rings. The van der Waals surface area contributed by atoms with Crippen LogP contribution in [0, 0.1) is 12.7 Å². The number of rotatable bonds is 4. The Balaban J connectivity index is 2.32. The second-order valence-corrected chi connectivity index (χ2v) is 7.55. The number of phenolic OH excluding ortho intramolecular Hbond substituents is 1. The Kier molecular flexibility index (Phi) is 6.04. The van der Waals surface area contributed by atoms with Crippen LogP contribution in [0.4, 0.5) is 17.6 Å². The molecule has 0 unspecified atom stereocenters. The number of phenols is 1. The van der Waals surface area contributed by atoms with Gasteiger partial charge in [0.1, 0.15) is 0 Å². The van der Waals surface area contributed by atoms with Gasteiger partial charge in [-0.05, 0) is 43.5 Å². The van der Waals surface area contributed by atoms with Crippen molar-refractivity contribution in [3.8, 4) is 11.5 Å². The van der Waals surface area contributed by atoms with Gasteiger partial charge in [0.05, 0.1) is 22.2 Å². The summed E-state index contributed by atoms with van der Waals surface area (Å²) in [7, 11) is 0. The Morgan fingerprint density at radius 1 is 1.19 bits per heavy atom. The standard InChI is InChI=1S/C23H21F4NO4/c1-5-11(2)18-19-17(10-16(24)20(18)30)28(12(3)21(19)32-13(4)29)22(31)14-6-8-15(9-7-14)23(25,26)27/h6-11,30H,5H2,1-4H3/t11-/m1/s1. The second kappa shape index (κ2) is 8.29. The van der Waals surface area contributed by atoms with E-state index in [1.54, 1.807) is 6.92 Å². The molecule has 1 aromatic heterocycles. The third kappa shape index (κ3) is 3.94. The first kappa shape index (κ1) is 23.3. The van der Waals surface area contributed by atoms with Gasteiger partial charge in [0.2, 0.25) is 0 Å². The quantitative estimate of drug-likeness (QED) is 0.394. The highest BCUT2D eigenvalue weighted by molar-refractivity contribution is 6.07. The van der Waals surface area contributed by atoms with Crippen LogP contribution in [0.1, 0.15) is 60.3 Å². The van der Waals surface area contributed by atoms with Crippen molar-refractivity contribution < 1.29 is 37.0 Å². The summed E-state index contributed by atoms with van der Waals surface area (Å²) < 4.78 is 59.6. The number of hydrogen-bond donors (Lipinski definition) is 1. The molecule has 0 saturated carbocycles. The van der Waals surface area contributed by atoms with E-state index in [0.29, 0.717) is 6.42 Å². The first-order chi connectivity index (χ1) is 14.9. The molecule has 1 atom stereocenters. The first-order valence-corrected chi connectivity index (χ1v) is 9.85. The van der Waals surface area contributed by atoms with E-state index >= 15 is 0 Å². The number of benzene rings is 2. The van der Waals surface area contributed by atoms with Crippen LogP contribution in [0.15, 0.2) is 30.3 Å². The lowest BCUT2D eigenvalue weighted by molar-refractivity contribution is -0.137. The molecule has 32 heavy (non-hydrogen) atoms. The van der Waals surface area contributed by atoms with Crippen LogP contribution in [-0.4, -0.2) is 21.6 Å². The topological polar surface area (TPSA) is 68.5 Å². The van der Waals surface area contributed by atoms with Crippen LogP contribution in [0.25, 0.3) is 10.9 Å². The maximum Gasteiger partial charge on any atom is 0.416 e.